The van der Waals surface area contributed by atoms with Crippen molar-refractivity contribution in [2.24, 2.45) is 5.73 Å². The molecule has 2 nitrogen and oxygen atoms in total. The Hall–Kier alpha value is -1.10. The van der Waals surface area contributed by atoms with Crippen LogP contribution in [0.3, 0.4) is 0 Å². The minimum atomic E-state index is 0.362. The molecule has 0 aliphatic rings. The molecular weight excluding hydrogens is 346 g/mol. The number of halogens is 2. The summed E-state index contributed by atoms with van der Waals surface area (Å²) < 4.78 is 6.61. The lowest BCUT2D eigenvalue weighted by Gasteiger charge is -2.11. The van der Waals surface area contributed by atoms with E-state index in [-0.39, 0.29) is 0 Å². The number of benzene rings is 2. The van der Waals surface area contributed by atoms with Crippen molar-refractivity contribution in [2.75, 3.05) is 0 Å². The van der Waals surface area contributed by atoms with Gasteiger partial charge in [-0.3, -0.25) is 0 Å². The van der Waals surface area contributed by atoms with Gasteiger partial charge >= 0.3 is 0 Å². The molecule has 0 aromatic heterocycles. The lowest BCUT2D eigenvalue weighted by molar-refractivity contribution is 0.306. The molecule has 0 fully saturated rings. The van der Waals surface area contributed by atoms with E-state index in [1.165, 1.54) is 0 Å². The maximum Gasteiger partial charge on any atom is 0.138 e. The predicted molar refractivity (Wildman–Crippen MR) is 85.8 cm³/mol. The number of hydrogen-bond donors (Lipinski definition) is 1. The first kappa shape index (κ1) is 14.3. The molecular formula is C14H11BrClNOS. The third-order valence-electron chi connectivity index (χ3n) is 2.56. The van der Waals surface area contributed by atoms with Crippen molar-refractivity contribution >= 4 is 44.7 Å². The summed E-state index contributed by atoms with van der Waals surface area (Å²) in [5.74, 6) is 0.627. The van der Waals surface area contributed by atoms with Crippen LogP contribution in [0.25, 0.3) is 0 Å². The van der Waals surface area contributed by atoms with Gasteiger partial charge in [0.15, 0.2) is 0 Å². The highest BCUT2D eigenvalue weighted by Gasteiger charge is 2.07. The number of hydrogen-bond acceptors (Lipinski definition) is 2. The van der Waals surface area contributed by atoms with Gasteiger partial charge < -0.3 is 10.5 Å². The summed E-state index contributed by atoms with van der Waals surface area (Å²) in [7, 11) is 0. The van der Waals surface area contributed by atoms with Crippen LogP contribution in [0.1, 0.15) is 11.1 Å². The van der Waals surface area contributed by atoms with Crippen molar-refractivity contribution < 1.29 is 4.74 Å². The second-order valence-corrected chi connectivity index (χ2v) is 5.65. The Kier molecular flexibility index (Phi) is 4.80. The molecule has 0 radical (unpaired) electrons. The highest BCUT2D eigenvalue weighted by molar-refractivity contribution is 9.10. The predicted octanol–water partition coefficient (Wildman–Crippen LogP) is 4.32. The molecule has 0 aliphatic heterocycles. The van der Waals surface area contributed by atoms with E-state index in [9.17, 15) is 0 Å². The topological polar surface area (TPSA) is 35.2 Å². The van der Waals surface area contributed by atoms with Crippen LogP contribution in [0.5, 0.6) is 5.75 Å². The zero-order valence-corrected chi connectivity index (χ0v) is 13.1. The van der Waals surface area contributed by atoms with Gasteiger partial charge in [-0.1, -0.05) is 64.0 Å². The molecule has 2 N–H and O–H groups in total. The molecule has 0 amide bonds. The number of rotatable bonds is 4. The average Bonchev–Trinajstić information content (AvgIpc) is 2.38. The zero-order valence-electron chi connectivity index (χ0n) is 9.90. The summed E-state index contributed by atoms with van der Waals surface area (Å²) in [5, 5.41) is 0.558. The van der Waals surface area contributed by atoms with Gasteiger partial charge in [0.1, 0.15) is 17.3 Å². The minimum Gasteiger partial charge on any atom is -0.487 e. The van der Waals surface area contributed by atoms with Gasteiger partial charge in [0.2, 0.25) is 0 Å². The van der Waals surface area contributed by atoms with E-state index in [1.54, 1.807) is 6.07 Å². The van der Waals surface area contributed by atoms with E-state index in [0.717, 1.165) is 15.6 Å². The number of ether oxygens (including phenoxy) is 1. The molecule has 0 saturated carbocycles. The van der Waals surface area contributed by atoms with Crippen LogP contribution in [-0.2, 0) is 6.61 Å². The van der Waals surface area contributed by atoms with E-state index in [4.69, 9.17) is 34.3 Å². The van der Waals surface area contributed by atoms with Crippen molar-refractivity contribution in [3.8, 4) is 5.75 Å². The van der Waals surface area contributed by atoms with Gasteiger partial charge in [-0.15, -0.1) is 0 Å². The van der Waals surface area contributed by atoms with Gasteiger partial charge in [-0.05, 0) is 23.8 Å². The molecule has 19 heavy (non-hydrogen) atoms. The fourth-order valence-electron chi connectivity index (χ4n) is 1.63. The fraction of sp³-hybridized carbons (Fsp3) is 0.0714. The van der Waals surface area contributed by atoms with E-state index >= 15 is 0 Å². The summed E-state index contributed by atoms with van der Waals surface area (Å²) in [6, 6.07) is 13.1. The van der Waals surface area contributed by atoms with Crippen molar-refractivity contribution in [1.29, 1.82) is 0 Å². The highest BCUT2D eigenvalue weighted by Crippen LogP contribution is 2.28. The van der Waals surface area contributed by atoms with Gasteiger partial charge in [-0.25, -0.2) is 0 Å². The van der Waals surface area contributed by atoms with E-state index in [0.29, 0.717) is 22.4 Å². The zero-order chi connectivity index (χ0) is 13.8. The third kappa shape index (κ3) is 3.69. The average molecular weight is 357 g/mol. The summed E-state index contributed by atoms with van der Waals surface area (Å²) in [5.41, 5.74) is 7.44. The maximum atomic E-state index is 6.09. The Morgan fingerprint density at radius 2 is 2.00 bits per heavy atom. The largest absolute Gasteiger partial charge is 0.487 e. The maximum absolute atomic E-state index is 6.09. The normalized spacial score (nSPS) is 10.2. The smallest absolute Gasteiger partial charge is 0.138 e. The van der Waals surface area contributed by atoms with E-state index in [1.807, 2.05) is 36.4 Å². The third-order valence-corrected chi connectivity index (χ3v) is 3.57. The molecule has 0 unspecified atom stereocenters. The molecule has 5 heteroatoms. The molecule has 2 rings (SSSR count). The lowest BCUT2D eigenvalue weighted by Crippen LogP contribution is -2.13. The van der Waals surface area contributed by atoms with Crippen LogP contribution in [0.4, 0.5) is 0 Å². The summed E-state index contributed by atoms with van der Waals surface area (Å²) >= 11 is 14.5. The quantitative estimate of drug-likeness (QED) is 0.829. The first-order valence-electron chi connectivity index (χ1n) is 5.53. The first-order chi connectivity index (χ1) is 9.08. The van der Waals surface area contributed by atoms with Gasteiger partial charge in [0, 0.05) is 10.0 Å². The molecule has 0 aliphatic carbocycles. The van der Waals surface area contributed by atoms with Crippen molar-refractivity contribution in [3.05, 3.63) is 63.1 Å². The summed E-state index contributed by atoms with van der Waals surface area (Å²) in [6.07, 6.45) is 0. The fourth-order valence-corrected chi connectivity index (χ4v) is 2.56. The van der Waals surface area contributed by atoms with Gasteiger partial charge in [0.25, 0.3) is 0 Å². The Labute approximate surface area is 130 Å². The Balaban J connectivity index is 2.17. The second kappa shape index (κ2) is 6.37. The van der Waals surface area contributed by atoms with E-state index < -0.39 is 0 Å². The summed E-state index contributed by atoms with van der Waals surface area (Å²) in [6.45, 7) is 0.370. The van der Waals surface area contributed by atoms with Crippen LogP contribution in [0.2, 0.25) is 5.02 Å². The minimum absolute atomic E-state index is 0.362. The van der Waals surface area contributed by atoms with Crippen LogP contribution in [0, 0.1) is 0 Å². The van der Waals surface area contributed by atoms with Gasteiger partial charge in [-0.2, -0.15) is 0 Å². The van der Waals surface area contributed by atoms with Crippen molar-refractivity contribution in [2.45, 2.75) is 6.61 Å². The Bertz CT molecular complexity index is 618. The molecule has 0 atom stereocenters. The number of thiocarbonyl (C=S) groups is 1. The first-order valence-corrected chi connectivity index (χ1v) is 7.11. The number of nitrogens with two attached hydrogens (primary N) is 1. The van der Waals surface area contributed by atoms with Crippen LogP contribution < -0.4 is 10.5 Å². The Morgan fingerprint density at radius 3 is 2.68 bits per heavy atom. The monoisotopic (exact) mass is 355 g/mol. The van der Waals surface area contributed by atoms with Crippen LogP contribution in [0.15, 0.2) is 46.9 Å². The molecule has 0 heterocycles. The summed E-state index contributed by atoms with van der Waals surface area (Å²) in [4.78, 5) is 0.362. The molecule has 0 saturated heterocycles. The SMILES string of the molecule is NC(=S)c1ccccc1COc1ccc(Br)cc1Cl. The van der Waals surface area contributed by atoms with Gasteiger partial charge in [0.05, 0.1) is 5.02 Å². The van der Waals surface area contributed by atoms with Crippen LogP contribution in [-0.4, -0.2) is 4.99 Å². The molecule has 2 aromatic carbocycles. The van der Waals surface area contributed by atoms with E-state index in [2.05, 4.69) is 15.9 Å². The second-order valence-electron chi connectivity index (χ2n) is 3.88. The van der Waals surface area contributed by atoms with Crippen molar-refractivity contribution in [1.82, 2.24) is 0 Å². The molecule has 0 bridgehead atoms. The highest BCUT2D eigenvalue weighted by atomic mass is 79.9. The van der Waals surface area contributed by atoms with Crippen LogP contribution >= 0.6 is 39.7 Å². The molecule has 98 valence electrons. The molecule has 2 aromatic rings. The Morgan fingerprint density at radius 1 is 1.26 bits per heavy atom. The lowest BCUT2D eigenvalue weighted by atomic mass is 10.1. The molecule has 0 spiro atoms. The van der Waals surface area contributed by atoms with Crippen molar-refractivity contribution in [3.63, 3.8) is 0 Å². The standard InChI is InChI=1S/C14H11BrClNOS/c15-10-5-6-13(12(16)7-10)18-8-9-3-1-2-4-11(9)14(17)19/h1-7H,8H2,(H2,17,19).